The first-order valence-electron chi connectivity index (χ1n) is 7.26. The van der Waals surface area contributed by atoms with Gasteiger partial charge in [0.15, 0.2) is 0 Å². The third-order valence-corrected chi connectivity index (χ3v) is 3.59. The summed E-state index contributed by atoms with van der Waals surface area (Å²) in [6, 6.07) is 16.0. The number of nitrogens with zero attached hydrogens (tertiary/aromatic N) is 3. The molecular formula is C19H17N3. The molecule has 0 aliphatic carbocycles. The third-order valence-electron chi connectivity index (χ3n) is 3.59. The zero-order chi connectivity index (χ0) is 15.2. The van der Waals surface area contributed by atoms with Crippen molar-refractivity contribution >= 4 is 6.08 Å². The number of rotatable bonds is 5. The lowest BCUT2D eigenvalue weighted by Crippen LogP contribution is -2.09. The summed E-state index contributed by atoms with van der Waals surface area (Å²) in [4.78, 5) is 13.5. The van der Waals surface area contributed by atoms with E-state index in [1.807, 2.05) is 67.1 Å². The Hall–Kier alpha value is -2.81. The molecule has 3 aromatic heterocycles. The molecular weight excluding hydrogens is 270 g/mol. The van der Waals surface area contributed by atoms with E-state index in [-0.39, 0.29) is 5.92 Å². The van der Waals surface area contributed by atoms with Gasteiger partial charge in [-0.1, -0.05) is 30.9 Å². The van der Waals surface area contributed by atoms with Gasteiger partial charge in [-0.15, -0.1) is 0 Å². The highest BCUT2D eigenvalue weighted by molar-refractivity contribution is 5.45. The molecule has 0 aliphatic heterocycles. The largest absolute Gasteiger partial charge is 0.261 e. The van der Waals surface area contributed by atoms with Gasteiger partial charge in [-0.2, -0.15) is 0 Å². The summed E-state index contributed by atoms with van der Waals surface area (Å²) in [6.07, 6.45) is 8.05. The zero-order valence-corrected chi connectivity index (χ0v) is 12.3. The summed E-state index contributed by atoms with van der Waals surface area (Å²) < 4.78 is 0. The molecule has 1 unspecified atom stereocenters. The van der Waals surface area contributed by atoms with Crippen molar-refractivity contribution in [3.05, 3.63) is 96.3 Å². The molecule has 0 N–H and O–H groups in total. The number of pyridine rings is 3. The molecule has 3 heteroatoms. The Morgan fingerprint density at radius 3 is 2.23 bits per heavy atom. The smallest absolute Gasteiger partial charge is 0.0498 e. The number of hydrogen-bond acceptors (Lipinski definition) is 3. The van der Waals surface area contributed by atoms with Crippen LogP contribution in [0.3, 0.4) is 0 Å². The van der Waals surface area contributed by atoms with Gasteiger partial charge in [0.25, 0.3) is 0 Å². The van der Waals surface area contributed by atoms with Crippen LogP contribution < -0.4 is 0 Å². The van der Waals surface area contributed by atoms with Crippen molar-refractivity contribution in [1.29, 1.82) is 0 Å². The van der Waals surface area contributed by atoms with Crippen LogP contribution in [0.1, 0.15) is 28.6 Å². The van der Waals surface area contributed by atoms with Crippen LogP contribution in [0.25, 0.3) is 6.08 Å². The summed E-state index contributed by atoms with van der Waals surface area (Å²) >= 11 is 0. The lowest BCUT2D eigenvalue weighted by atomic mass is 9.94. The molecule has 3 heterocycles. The molecule has 3 nitrogen and oxygen atoms in total. The van der Waals surface area contributed by atoms with Gasteiger partial charge < -0.3 is 0 Å². The Kier molecular flexibility index (Phi) is 4.35. The molecule has 0 spiro atoms. The molecule has 22 heavy (non-hydrogen) atoms. The van der Waals surface area contributed by atoms with E-state index in [2.05, 4.69) is 21.5 Å². The van der Waals surface area contributed by atoms with Gasteiger partial charge in [-0.05, 0) is 35.9 Å². The molecule has 0 radical (unpaired) electrons. The van der Waals surface area contributed by atoms with E-state index < -0.39 is 0 Å². The zero-order valence-electron chi connectivity index (χ0n) is 12.3. The first kappa shape index (κ1) is 14.1. The minimum Gasteiger partial charge on any atom is -0.261 e. The van der Waals surface area contributed by atoms with Crippen LogP contribution in [0.15, 0.2) is 73.7 Å². The van der Waals surface area contributed by atoms with Gasteiger partial charge in [-0.3, -0.25) is 15.0 Å². The van der Waals surface area contributed by atoms with Crippen molar-refractivity contribution in [2.45, 2.75) is 12.3 Å². The van der Waals surface area contributed by atoms with Gasteiger partial charge in [0.05, 0.1) is 0 Å². The topological polar surface area (TPSA) is 38.7 Å². The summed E-state index contributed by atoms with van der Waals surface area (Å²) in [5.41, 5.74) is 4.05. The fourth-order valence-corrected chi connectivity index (χ4v) is 2.41. The third kappa shape index (κ3) is 3.26. The second-order valence-corrected chi connectivity index (χ2v) is 5.05. The van der Waals surface area contributed by atoms with Crippen LogP contribution >= 0.6 is 0 Å². The van der Waals surface area contributed by atoms with Crippen LogP contribution in [0.5, 0.6) is 0 Å². The molecule has 0 aromatic carbocycles. The Bertz CT molecular complexity index is 722. The molecule has 0 aliphatic rings. The van der Waals surface area contributed by atoms with E-state index in [0.717, 1.165) is 29.1 Å². The van der Waals surface area contributed by atoms with E-state index in [1.54, 1.807) is 6.08 Å². The normalized spacial score (nSPS) is 11.8. The van der Waals surface area contributed by atoms with Crippen molar-refractivity contribution in [2.24, 2.45) is 0 Å². The first-order chi connectivity index (χ1) is 10.9. The lowest BCUT2D eigenvalue weighted by molar-refractivity contribution is 0.731. The van der Waals surface area contributed by atoms with Crippen LogP contribution in [-0.4, -0.2) is 15.0 Å². The molecule has 1 atom stereocenters. The maximum Gasteiger partial charge on any atom is 0.0498 e. The molecule has 0 saturated heterocycles. The van der Waals surface area contributed by atoms with Crippen molar-refractivity contribution < 1.29 is 0 Å². The summed E-state index contributed by atoms with van der Waals surface area (Å²) in [5.74, 6) is 0.0926. The molecule has 3 aromatic rings. The monoisotopic (exact) mass is 287 g/mol. The van der Waals surface area contributed by atoms with Gasteiger partial charge in [0.1, 0.15) is 0 Å². The van der Waals surface area contributed by atoms with Crippen molar-refractivity contribution in [3.63, 3.8) is 0 Å². The van der Waals surface area contributed by atoms with Gasteiger partial charge in [-0.25, -0.2) is 0 Å². The average molecular weight is 287 g/mol. The van der Waals surface area contributed by atoms with E-state index >= 15 is 0 Å². The molecule has 0 amide bonds. The molecule has 0 fully saturated rings. The molecule has 0 bridgehead atoms. The maximum atomic E-state index is 4.58. The first-order valence-corrected chi connectivity index (χ1v) is 7.26. The van der Waals surface area contributed by atoms with Gasteiger partial charge in [0, 0.05) is 48.0 Å². The van der Waals surface area contributed by atoms with Gasteiger partial charge in [0.2, 0.25) is 0 Å². The summed E-state index contributed by atoms with van der Waals surface area (Å²) in [7, 11) is 0. The predicted molar refractivity (Wildman–Crippen MR) is 88.3 cm³/mol. The van der Waals surface area contributed by atoms with E-state index in [9.17, 15) is 0 Å². The van der Waals surface area contributed by atoms with Crippen LogP contribution in [0, 0.1) is 0 Å². The molecule has 0 saturated carbocycles. The Labute approximate surface area is 130 Å². The molecule has 3 rings (SSSR count). The lowest BCUT2D eigenvalue weighted by Gasteiger charge is -2.16. The van der Waals surface area contributed by atoms with Crippen molar-refractivity contribution in [2.75, 3.05) is 0 Å². The predicted octanol–water partition coefficient (Wildman–Crippen LogP) is 3.89. The highest BCUT2D eigenvalue weighted by Crippen LogP contribution is 2.25. The van der Waals surface area contributed by atoms with Crippen LogP contribution in [-0.2, 0) is 6.42 Å². The highest BCUT2D eigenvalue weighted by Gasteiger charge is 2.18. The Morgan fingerprint density at radius 2 is 1.64 bits per heavy atom. The van der Waals surface area contributed by atoms with Crippen LogP contribution in [0.2, 0.25) is 0 Å². The van der Waals surface area contributed by atoms with E-state index in [0.29, 0.717) is 0 Å². The summed E-state index contributed by atoms with van der Waals surface area (Å²) in [6.45, 7) is 3.77. The maximum absolute atomic E-state index is 4.58. The second kappa shape index (κ2) is 6.76. The second-order valence-electron chi connectivity index (χ2n) is 5.05. The van der Waals surface area contributed by atoms with Crippen LogP contribution in [0.4, 0.5) is 0 Å². The minimum atomic E-state index is 0.0926. The van der Waals surface area contributed by atoms with Crippen molar-refractivity contribution in [1.82, 2.24) is 15.0 Å². The van der Waals surface area contributed by atoms with Gasteiger partial charge >= 0.3 is 0 Å². The fourth-order valence-electron chi connectivity index (χ4n) is 2.41. The fraction of sp³-hybridized carbons (Fsp3) is 0.105. The van der Waals surface area contributed by atoms with Crippen molar-refractivity contribution in [3.8, 4) is 0 Å². The molecule has 108 valence electrons. The SMILES string of the molecule is C=Cc1ccc(C(Cc2ccccn2)c2ccccn2)nc1. The Morgan fingerprint density at radius 1 is 0.864 bits per heavy atom. The average Bonchev–Trinajstić information content (AvgIpc) is 2.61. The van der Waals surface area contributed by atoms with E-state index in [4.69, 9.17) is 0 Å². The number of hydrogen-bond donors (Lipinski definition) is 0. The summed E-state index contributed by atoms with van der Waals surface area (Å²) in [5, 5.41) is 0. The van der Waals surface area contributed by atoms with E-state index in [1.165, 1.54) is 0 Å². The number of aromatic nitrogens is 3. The standard InChI is InChI=1S/C19H17N3/c1-2-15-9-10-19(22-14-15)17(18-8-4-6-12-21-18)13-16-7-3-5-11-20-16/h2-12,14,17H,1,13H2. The highest BCUT2D eigenvalue weighted by atomic mass is 14.7. The Balaban J connectivity index is 1.96. The minimum absolute atomic E-state index is 0.0926. The quantitative estimate of drug-likeness (QED) is 0.714.